The fourth-order valence-electron chi connectivity index (χ4n) is 5.92. The van der Waals surface area contributed by atoms with Gasteiger partial charge in [0, 0.05) is 18.6 Å². The van der Waals surface area contributed by atoms with Crippen LogP contribution in [0.4, 0.5) is 0 Å². The number of allylic oxidation sites excluding steroid dienone is 1. The third-order valence-electron chi connectivity index (χ3n) is 7.39. The molecule has 0 amide bonds. The number of aliphatic hydroxyl groups excluding tert-OH is 1. The Morgan fingerprint density at radius 3 is 2.72 bits per heavy atom. The zero-order chi connectivity index (χ0) is 21.1. The first-order valence-electron chi connectivity index (χ1n) is 10.2. The highest BCUT2D eigenvalue weighted by molar-refractivity contribution is 5.88. The second kappa shape index (κ2) is 7.09. The summed E-state index contributed by atoms with van der Waals surface area (Å²) in [4.78, 5) is 38.0. The molecule has 2 aliphatic carbocycles. The van der Waals surface area contributed by atoms with Crippen LogP contribution >= 0.6 is 0 Å². The molecule has 8 heteroatoms. The minimum Gasteiger partial charge on any atom is -0.461 e. The molecule has 0 aromatic rings. The minimum absolute atomic E-state index is 0.0803. The van der Waals surface area contributed by atoms with Crippen molar-refractivity contribution >= 4 is 17.9 Å². The fourth-order valence-corrected chi connectivity index (χ4v) is 5.92. The van der Waals surface area contributed by atoms with Gasteiger partial charge in [-0.3, -0.25) is 9.59 Å². The summed E-state index contributed by atoms with van der Waals surface area (Å²) in [5.41, 5.74) is -0.382. The molecule has 4 bridgehead atoms. The smallest absolute Gasteiger partial charge is 0.333 e. The lowest BCUT2D eigenvalue weighted by Gasteiger charge is -2.42. The van der Waals surface area contributed by atoms with Crippen molar-refractivity contribution in [2.75, 3.05) is 13.7 Å². The first-order chi connectivity index (χ1) is 13.7. The van der Waals surface area contributed by atoms with Gasteiger partial charge in [-0.1, -0.05) is 6.08 Å². The highest BCUT2D eigenvalue weighted by atomic mass is 16.6. The monoisotopic (exact) mass is 408 g/mol. The largest absolute Gasteiger partial charge is 0.461 e. The van der Waals surface area contributed by atoms with Crippen LogP contribution < -0.4 is 0 Å². The van der Waals surface area contributed by atoms with Gasteiger partial charge < -0.3 is 24.1 Å². The molecule has 8 nitrogen and oxygen atoms in total. The van der Waals surface area contributed by atoms with Crippen molar-refractivity contribution in [2.45, 2.75) is 57.5 Å². The number of hydrogen-bond acceptors (Lipinski definition) is 8. The van der Waals surface area contributed by atoms with Crippen LogP contribution in [0.1, 0.15) is 33.6 Å². The van der Waals surface area contributed by atoms with Gasteiger partial charge in [-0.15, -0.1) is 0 Å². The maximum Gasteiger partial charge on any atom is 0.333 e. The Morgan fingerprint density at radius 2 is 2.07 bits per heavy atom. The van der Waals surface area contributed by atoms with Crippen LogP contribution in [0.5, 0.6) is 0 Å². The van der Waals surface area contributed by atoms with Crippen LogP contribution in [0.2, 0.25) is 0 Å². The van der Waals surface area contributed by atoms with Crippen molar-refractivity contribution in [1.82, 2.24) is 0 Å². The van der Waals surface area contributed by atoms with Gasteiger partial charge in [-0.05, 0) is 39.5 Å². The van der Waals surface area contributed by atoms with Crippen molar-refractivity contribution in [3.63, 3.8) is 0 Å². The predicted octanol–water partition coefficient (Wildman–Crippen LogP) is 1.00. The van der Waals surface area contributed by atoms with E-state index in [9.17, 15) is 19.5 Å². The average Bonchev–Trinajstić information content (AvgIpc) is 3.08. The number of carbonyl (C=O) groups excluding carboxylic acids is 3. The van der Waals surface area contributed by atoms with Crippen LogP contribution in [-0.4, -0.2) is 60.6 Å². The van der Waals surface area contributed by atoms with Gasteiger partial charge >= 0.3 is 17.9 Å². The molecule has 29 heavy (non-hydrogen) atoms. The molecule has 9 atom stereocenters. The lowest BCUT2D eigenvalue weighted by Crippen LogP contribution is -2.53. The van der Waals surface area contributed by atoms with Gasteiger partial charge in [0.05, 0.1) is 24.4 Å². The van der Waals surface area contributed by atoms with Gasteiger partial charge in [-0.25, -0.2) is 4.79 Å². The first kappa shape index (κ1) is 20.3. The maximum absolute atomic E-state index is 12.8. The molecule has 2 saturated carbocycles. The molecule has 2 heterocycles. The van der Waals surface area contributed by atoms with Crippen molar-refractivity contribution in [3.05, 3.63) is 11.6 Å². The summed E-state index contributed by atoms with van der Waals surface area (Å²) < 4.78 is 22.5. The SMILES string of the molecule is CC=C(C)C(=O)OC1C(O)C2C(=O)OC3(C)CCC2C3C2OC(=O)C(COC)C12. The summed E-state index contributed by atoms with van der Waals surface area (Å²) in [7, 11) is 1.48. The van der Waals surface area contributed by atoms with E-state index in [4.69, 9.17) is 18.9 Å². The predicted molar refractivity (Wildman–Crippen MR) is 98.3 cm³/mol. The Bertz CT molecular complexity index is 760. The number of methoxy groups -OCH3 is 1. The molecule has 0 spiro atoms. The number of rotatable bonds is 4. The third-order valence-corrected chi connectivity index (χ3v) is 7.39. The van der Waals surface area contributed by atoms with Crippen molar-refractivity contribution < 1.29 is 38.4 Å². The standard InChI is InChI=1S/C21H28O8/c1-5-9(2)18(23)28-17-13-11(8-26-4)19(24)27-16(13)14-10-6-7-21(14,3)29-20(25)12(10)15(17)22/h5,10-17,22H,6-8H2,1-4H3. The van der Waals surface area contributed by atoms with Crippen LogP contribution in [0.3, 0.4) is 0 Å². The van der Waals surface area contributed by atoms with Crippen molar-refractivity contribution in [3.8, 4) is 0 Å². The summed E-state index contributed by atoms with van der Waals surface area (Å²) in [6, 6.07) is 0. The van der Waals surface area contributed by atoms with E-state index in [0.29, 0.717) is 18.4 Å². The third kappa shape index (κ3) is 2.91. The number of aliphatic hydroxyl groups is 1. The first-order valence-corrected chi connectivity index (χ1v) is 10.2. The summed E-state index contributed by atoms with van der Waals surface area (Å²) >= 11 is 0. The van der Waals surface area contributed by atoms with Crippen molar-refractivity contribution in [1.29, 1.82) is 0 Å². The second-order valence-corrected chi connectivity index (χ2v) is 8.86. The molecule has 0 aromatic carbocycles. The van der Waals surface area contributed by atoms with E-state index in [0.717, 1.165) is 0 Å². The van der Waals surface area contributed by atoms with E-state index in [2.05, 4.69) is 0 Å². The molecule has 9 unspecified atom stereocenters. The Hall–Kier alpha value is -1.93. The number of esters is 3. The molecule has 0 radical (unpaired) electrons. The number of hydrogen-bond donors (Lipinski definition) is 1. The van der Waals surface area contributed by atoms with E-state index >= 15 is 0 Å². The lowest BCUT2D eigenvalue weighted by atomic mass is 9.73. The molecule has 4 aliphatic rings. The second-order valence-electron chi connectivity index (χ2n) is 8.86. The molecule has 4 fully saturated rings. The molecule has 1 N–H and O–H groups in total. The molecular formula is C21H28O8. The van der Waals surface area contributed by atoms with Crippen molar-refractivity contribution in [2.24, 2.45) is 29.6 Å². The quantitative estimate of drug-likeness (QED) is 0.417. The van der Waals surface area contributed by atoms with Gasteiger partial charge in [0.25, 0.3) is 0 Å². The zero-order valence-corrected chi connectivity index (χ0v) is 17.1. The molecule has 2 saturated heterocycles. The van der Waals surface area contributed by atoms with Crippen LogP contribution in [-0.2, 0) is 33.3 Å². The summed E-state index contributed by atoms with van der Waals surface area (Å²) in [6.45, 7) is 5.27. The minimum atomic E-state index is -1.28. The van der Waals surface area contributed by atoms with E-state index in [1.54, 1.807) is 19.9 Å². The highest BCUT2D eigenvalue weighted by Crippen LogP contribution is 2.59. The lowest BCUT2D eigenvalue weighted by molar-refractivity contribution is -0.195. The van der Waals surface area contributed by atoms with E-state index in [-0.39, 0.29) is 18.4 Å². The normalized spacial score (nSPS) is 45.9. The van der Waals surface area contributed by atoms with E-state index in [1.165, 1.54) is 7.11 Å². The van der Waals surface area contributed by atoms with Gasteiger partial charge in [0.2, 0.25) is 0 Å². The van der Waals surface area contributed by atoms with Gasteiger partial charge in [0.1, 0.15) is 23.9 Å². The molecular weight excluding hydrogens is 380 g/mol. The van der Waals surface area contributed by atoms with E-state index < -0.39 is 59.6 Å². The Balaban J connectivity index is 1.80. The number of ether oxygens (including phenoxy) is 4. The maximum atomic E-state index is 12.8. The highest BCUT2D eigenvalue weighted by Gasteiger charge is 2.70. The van der Waals surface area contributed by atoms with Crippen LogP contribution in [0.25, 0.3) is 0 Å². The topological polar surface area (TPSA) is 108 Å². The molecule has 4 rings (SSSR count). The average molecular weight is 408 g/mol. The van der Waals surface area contributed by atoms with Gasteiger partial charge in [0.15, 0.2) is 0 Å². The number of carbonyl (C=O) groups is 3. The van der Waals surface area contributed by atoms with Gasteiger partial charge in [-0.2, -0.15) is 0 Å². The summed E-state index contributed by atoms with van der Waals surface area (Å²) in [5.74, 6) is -4.06. The van der Waals surface area contributed by atoms with Crippen LogP contribution in [0, 0.1) is 29.6 Å². The molecule has 2 aliphatic heterocycles. The Kier molecular flexibility index (Phi) is 4.98. The summed E-state index contributed by atoms with van der Waals surface area (Å²) in [6.07, 6.45) is -0.0265. The Labute approximate surface area is 169 Å². The van der Waals surface area contributed by atoms with E-state index in [1.807, 2.05) is 6.92 Å². The molecule has 160 valence electrons. The summed E-state index contributed by atoms with van der Waals surface area (Å²) in [5, 5.41) is 11.3. The van der Waals surface area contributed by atoms with Crippen LogP contribution in [0.15, 0.2) is 11.6 Å². The molecule has 0 aromatic heterocycles. The Morgan fingerprint density at radius 1 is 1.34 bits per heavy atom. The fraction of sp³-hybridized carbons (Fsp3) is 0.762. The zero-order valence-electron chi connectivity index (χ0n) is 17.1. The number of fused-ring (bicyclic) bond motifs is 1.